The molecule has 0 aliphatic carbocycles. The molecule has 1 heterocycles. The Hall–Kier alpha value is -0.570. The predicted molar refractivity (Wildman–Crippen MR) is 61.5 cm³/mol. The minimum absolute atomic E-state index is 0.0539. The van der Waals surface area contributed by atoms with Gasteiger partial charge in [0.25, 0.3) is 0 Å². The number of aromatic nitrogens is 1. The molecule has 0 radical (unpaired) electrons. The molecule has 15 heavy (non-hydrogen) atoms. The van der Waals surface area contributed by atoms with Crippen LogP contribution in [0.15, 0.2) is 12.3 Å². The minimum atomic E-state index is -0.586. The van der Waals surface area contributed by atoms with Gasteiger partial charge in [0, 0.05) is 6.20 Å². The van der Waals surface area contributed by atoms with Crippen molar-refractivity contribution in [3.8, 4) is 0 Å². The Labute approximate surface area is 101 Å². The third-order valence-corrected chi connectivity index (χ3v) is 3.15. The number of rotatable bonds is 0. The standard InChI is InChI=1S/C10H5Cl3FN/c1-4-3-15-10-6(12)2-5(11)9(14)7(10)8(4)13/h2-3H,1H3. The summed E-state index contributed by atoms with van der Waals surface area (Å²) in [6.07, 6.45) is 1.55. The zero-order valence-corrected chi connectivity index (χ0v) is 9.88. The van der Waals surface area contributed by atoms with Gasteiger partial charge >= 0.3 is 0 Å². The fraction of sp³-hybridized carbons (Fsp3) is 0.100. The highest BCUT2D eigenvalue weighted by Gasteiger charge is 2.15. The molecule has 0 saturated heterocycles. The molecule has 78 valence electrons. The van der Waals surface area contributed by atoms with Crippen LogP contribution in [0.3, 0.4) is 0 Å². The van der Waals surface area contributed by atoms with Crippen molar-refractivity contribution < 1.29 is 4.39 Å². The van der Waals surface area contributed by atoms with E-state index < -0.39 is 5.82 Å². The molecule has 0 aliphatic heterocycles. The molecule has 0 amide bonds. The van der Waals surface area contributed by atoms with Gasteiger partial charge in [-0.1, -0.05) is 34.8 Å². The summed E-state index contributed by atoms with van der Waals surface area (Å²) in [5.41, 5.74) is 1.01. The van der Waals surface area contributed by atoms with Crippen LogP contribution in [0, 0.1) is 12.7 Å². The fourth-order valence-electron chi connectivity index (χ4n) is 1.33. The predicted octanol–water partition coefficient (Wildman–Crippen LogP) is 4.64. The monoisotopic (exact) mass is 263 g/mol. The van der Waals surface area contributed by atoms with Gasteiger partial charge in [0.1, 0.15) is 0 Å². The van der Waals surface area contributed by atoms with E-state index in [1.165, 1.54) is 6.07 Å². The van der Waals surface area contributed by atoms with Crippen molar-refractivity contribution in [2.75, 3.05) is 0 Å². The average Bonchev–Trinajstić information content (AvgIpc) is 2.19. The first-order valence-electron chi connectivity index (χ1n) is 4.10. The lowest BCUT2D eigenvalue weighted by Gasteiger charge is -2.07. The van der Waals surface area contributed by atoms with Crippen molar-refractivity contribution in [2.24, 2.45) is 0 Å². The molecule has 2 rings (SSSR count). The second-order valence-electron chi connectivity index (χ2n) is 3.13. The second kappa shape index (κ2) is 3.78. The Morgan fingerprint density at radius 2 is 1.87 bits per heavy atom. The highest BCUT2D eigenvalue weighted by atomic mass is 35.5. The van der Waals surface area contributed by atoms with E-state index in [1.54, 1.807) is 13.1 Å². The van der Waals surface area contributed by atoms with E-state index in [2.05, 4.69) is 4.98 Å². The summed E-state index contributed by atoms with van der Waals surface area (Å²) in [7, 11) is 0. The lowest BCUT2D eigenvalue weighted by atomic mass is 10.1. The van der Waals surface area contributed by atoms with Crippen molar-refractivity contribution in [2.45, 2.75) is 6.92 Å². The molecule has 0 spiro atoms. The summed E-state index contributed by atoms with van der Waals surface area (Å²) >= 11 is 17.5. The quantitative estimate of drug-likeness (QED) is 0.632. The maximum atomic E-state index is 13.7. The van der Waals surface area contributed by atoms with Crippen LogP contribution in [0.1, 0.15) is 5.56 Å². The van der Waals surface area contributed by atoms with Crippen LogP contribution in [0.2, 0.25) is 15.1 Å². The molecular weight excluding hydrogens is 259 g/mol. The molecule has 1 aromatic heterocycles. The summed E-state index contributed by atoms with van der Waals surface area (Å²) in [5.74, 6) is -0.586. The van der Waals surface area contributed by atoms with Crippen LogP contribution >= 0.6 is 34.8 Å². The maximum absolute atomic E-state index is 13.7. The van der Waals surface area contributed by atoms with Crippen molar-refractivity contribution in [1.82, 2.24) is 4.98 Å². The molecule has 0 fully saturated rings. The number of aryl methyl sites for hydroxylation is 1. The highest BCUT2D eigenvalue weighted by molar-refractivity contribution is 6.41. The van der Waals surface area contributed by atoms with Crippen molar-refractivity contribution in [3.05, 3.63) is 38.7 Å². The Kier molecular flexibility index (Phi) is 2.75. The molecule has 0 aliphatic rings. The largest absolute Gasteiger partial charge is 0.254 e. The number of hydrogen-bond acceptors (Lipinski definition) is 1. The molecule has 5 heteroatoms. The van der Waals surface area contributed by atoms with Gasteiger partial charge < -0.3 is 0 Å². The molecule has 0 N–H and O–H groups in total. The summed E-state index contributed by atoms with van der Waals surface area (Å²) < 4.78 is 13.7. The van der Waals surface area contributed by atoms with E-state index >= 15 is 0 Å². The lowest BCUT2D eigenvalue weighted by molar-refractivity contribution is 0.640. The van der Waals surface area contributed by atoms with Crippen LogP contribution < -0.4 is 0 Å². The van der Waals surface area contributed by atoms with Gasteiger partial charge in [-0.2, -0.15) is 0 Å². The van der Waals surface area contributed by atoms with Gasteiger partial charge in [0.05, 0.1) is 26.0 Å². The third-order valence-electron chi connectivity index (χ3n) is 2.10. The van der Waals surface area contributed by atoms with E-state index in [0.29, 0.717) is 21.1 Å². The summed E-state index contributed by atoms with van der Waals surface area (Å²) in [6.45, 7) is 1.74. The number of fused-ring (bicyclic) bond motifs is 1. The highest BCUT2D eigenvalue weighted by Crippen LogP contribution is 2.35. The van der Waals surface area contributed by atoms with Crippen LogP contribution in [0.5, 0.6) is 0 Å². The molecule has 0 saturated carbocycles. The number of halogens is 4. The van der Waals surface area contributed by atoms with Crippen molar-refractivity contribution >= 4 is 45.7 Å². The molecule has 2 aromatic rings. The molecule has 0 atom stereocenters. The Bertz CT molecular complexity index is 546. The number of pyridine rings is 1. The van der Waals surface area contributed by atoms with Gasteiger partial charge in [0.2, 0.25) is 0 Å². The topological polar surface area (TPSA) is 12.9 Å². The van der Waals surface area contributed by atoms with E-state index in [-0.39, 0.29) is 10.4 Å². The minimum Gasteiger partial charge on any atom is -0.254 e. The first kappa shape index (κ1) is 10.9. The van der Waals surface area contributed by atoms with Crippen LogP contribution in [0.4, 0.5) is 4.39 Å². The lowest BCUT2D eigenvalue weighted by Crippen LogP contribution is -1.90. The summed E-state index contributed by atoms with van der Waals surface area (Å²) in [5, 5.41) is 0.705. The van der Waals surface area contributed by atoms with Gasteiger partial charge in [-0.15, -0.1) is 0 Å². The summed E-state index contributed by atoms with van der Waals surface area (Å²) in [4.78, 5) is 4.03. The Balaban J connectivity index is 3.04. The zero-order chi connectivity index (χ0) is 11.2. The number of hydrogen-bond donors (Lipinski definition) is 0. The van der Waals surface area contributed by atoms with Gasteiger partial charge in [-0.25, -0.2) is 4.39 Å². The first-order valence-corrected chi connectivity index (χ1v) is 5.24. The van der Waals surface area contributed by atoms with Crippen molar-refractivity contribution in [1.29, 1.82) is 0 Å². The number of benzene rings is 1. The smallest absolute Gasteiger partial charge is 0.152 e. The molecule has 1 nitrogen and oxygen atoms in total. The molecular formula is C10H5Cl3FN. The first-order chi connectivity index (χ1) is 7.02. The van der Waals surface area contributed by atoms with E-state index in [4.69, 9.17) is 34.8 Å². The number of nitrogens with zero attached hydrogens (tertiary/aromatic N) is 1. The average molecular weight is 265 g/mol. The zero-order valence-electron chi connectivity index (χ0n) is 7.61. The van der Waals surface area contributed by atoms with Crippen LogP contribution in [0.25, 0.3) is 10.9 Å². The van der Waals surface area contributed by atoms with E-state index in [0.717, 1.165) is 0 Å². The van der Waals surface area contributed by atoms with E-state index in [9.17, 15) is 4.39 Å². The fourth-order valence-corrected chi connectivity index (χ4v) is 2.06. The SMILES string of the molecule is Cc1cnc2c(Cl)cc(Cl)c(F)c2c1Cl. The molecule has 0 unspecified atom stereocenters. The van der Waals surface area contributed by atoms with Crippen LogP contribution in [-0.4, -0.2) is 4.98 Å². The van der Waals surface area contributed by atoms with Gasteiger partial charge in [-0.3, -0.25) is 4.98 Å². The third kappa shape index (κ3) is 1.67. The second-order valence-corrected chi connectivity index (χ2v) is 4.33. The van der Waals surface area contributed by atoms with Gasteiger partial charge in [-0.05, 0) is 18.6 Å². The maximum Gasteiger partial charge on any atom is 0.152 e. The normalized spacial score (nSPS) is 11.0. The molecule has 1 aromatic carbocycles. The summed E-state index contributed by atoms with van der Waals surface area (Å²) in [6, 6.07) is 1.32. The van der Waals surface area contributed by atoms with Crippen LogP contribution in [-0.2, 0) is 0 Å². The van der Waals surface area contributed by atoms with Gasteiger partial charge in [0.15, 0.2) is 5.82 Å². The molecule has 0 bridgehead atoms. The van der Waals surface area contributed by atoms with E-state index in [1.807, 2.05) is 0 Å². The Morgan fingerprint density at radius 3 is 2.53 bits per heavy atom. The van der Waals surface area contributed by atoms with Crippen molar-refractivity contribution in [3.63, 3.8) is 0 Å². The Morgan fingerprint density at radius 1 is 1.20 bits per heavy atom.